The molecule has 1 aromatic heterocycles. The van der Waals surface area contributed by atoms with Crippen LogP contribution in [0.15, 0.2) is 54.6 Å². The molecule has 1 heterocycles. The minimum atomic E-state index is 0.524. The van der Waals surface area contributed by atoms with E-state index in [-0.39, 0.29) is 0 Å². The van der Waals surface area contributed by atoms with E-state index in [0.717, 1.165) is 21.8 Å². The van der Waals surface area contributed by atoms with Crippen molar-refractivity contribution in [1.82, 2.24) is 4.73 Å². The summed E-state index contributed by atoms with van der Waals surface area (Å²) in [4.78, 5) is 5.89. The second kappa shape index (κ2) is 4.98. The molecule has 3 heteroatoms. The van der Waals surface area contributed by atoms with Crippen molar-refractivity contribution in [2.24, 2.45) is 0 Å². The fourth-order valence-corrected chi connectivity index (χ4v) is 2.29. The van der Waals surface area contributed by atoms with Crippen molar-refractivity contribution in [2.75, 3.05) is 0 Å². The number of benzene rings is 2. The third-order valence-corrected chi connectivity index (χ3v) is 3.37. The van der Waals surface area contributed by atoms with Gasteiger partial charge in [-0.3, -0.25) is 0 Å². The Morgan fingerprint density at radius 3 is 2.58 bits per heavy atom. The van der Waals surface area contributed by atoms with Crippen LogP contribution in [-0.4, -0.2) is 4.73 Å². The predicted molar refractivity (Wildman–Crippen MR) is 78.4 cm³/mol. The molecule has 0 bridgehead atoms. The maximum atomic E-state index is 5.89. The standard InChI is InChI=1S/C16H14ClNO/c1-12-10-14-4-2-3-5-16(14)18(12)19-11-13-6-8-15(17)9-7-13/h2-10H,11H2,1H3. The van der Waals surface area contributed by atoms with E-state index in [2.05, 4.69) is 18.2 Å². The zero-order chi connectivity index (χ0) is 13.2. The van der Waals surface area contributed by atoms with Crippen molar-refractivity contribution in [3.63, 3.8) is 0 Å². The van der Waals surface area contributed by atoms with Gasteiger partial charge in [0.05, 0.1) is 11.2 Å². The van der Waals surface area contributed by atoms with Gasteiger partial charge in [0.25, 0.3) is 0 Å². The number of aryl methyl sites for hydroxylation is 1. The summed E-state index contributed by atoms with van der Waals surface area (Å²) >= 11 is 5.87. The monoisotopic (exact) mass is 271 g/mol. The summed E-state index contributed by atoms with van der Waals surface area (Å²) in [6.45, 7) is 2.57. The molecule has 0 saturated carbocycles. The van der Waals surface area contributed by atoms with Crippen LogP contribution >= 0.6 is 11.6 Å². The van der Waals surface area contributed by atoms with Gasteiger partial charge in [0.1, 0.15) is 6.61 Å². The molecule has 0 spiro atoms. The molecular weight excluding hydrogens is 258 g/mol. The largest absolute Gasteiger partial charge is 0.409 e. The molecule has 0 radical (unpaired) electrons. The summed E-state index contributed by atoms with van der Waals surface area (Å²) < 4.78 is 1.88. The van der Waals surface area contributed by atoms with E-state index in [1.807, 2.05) is 48.1 Å². The van der Waals surface area contributed by atoms with E-state index in [1.54, 1.807) is 0 Å². The van der Waals surface area contributed by atoms with Gasteiger partial charge < -0.3 is 4.84 Å². The first kappa shape index (κ1) is 12.1. The Hall–Kier alpha value is -1.93. The lowest BCUT2D eigenvalue weighted by Gasteiger charge is -2.10. The van der Waals surface area contributed by atoms with E-state index in [4.69, 9.17) is 16.4 Å². The summed E-state index contributed by atoms with van der Waals surface area (Å²) in [6.07, 6.45) is 0. The van der Waals surface area contributed by atoms with Crippen LogP contribution in [0.3, 0.4) is 0 Å². The molecule has 0 aliphatic rings. The predicted octanol–water partition coefficient (Wildman–Crippen LogP) is 4.23. The van der Waals surface area contributed by atoms with Crippen LogP contribution in [0.4, 0.5) is 0 Å². The smallest absolute Gasteiger partial charge is 0.140 e. The van der Waals surface area contributed by atoms with Crippen molar-refractivity contribution < 1.29 is 4.84 Å². The quantitative estimate of drug-likeness (QED) is 0.695. The maximum absolute atomic E-state index is 5.89. The van der Waals surface area contributed by atoms with Crippen LogP contribution in [0.5, 0.6) is 0 Å². The summed E-state index contributed by atoms with van der Waals surface area (Å²) in [5, 5.41) is 1.93. The van der Waals surface area contributed by atoms with Gasteiger partial charge in [-0.2, -0.15) is 4.73 Å². The van der Waals surface area contributed by atoms with Crippen LogP contribution in [0.2, 0.25) is 5.02 Å². The molecule has 0 unspecified atom stereocenters. The zero-order valence-electron chi connectivity index (χ0n) is 10.6. The highest BCUT2D eigenvalue weighted by Gasteiger charge is 2.05. The second-order valence-corrected chi connectivity index (χ2v) is 4.98. The third-order valence-electron chi connectivity index (χ3n) is 3.11. The van der Waals surface area contributed by atoms with Gasteiger partial charge in [-0.25, -0.2) is 0 Å². The Morgan fingerprint density at radius 2 is 1.79 bits per heavy atom. The lowest BCUT2D eigenvalue weighted by molar-refractivity contribution is 0.103. The number of halogens is 1. The lowest BCUT2D eigenvalue weighted by atomic mass is 10.2. The Labute approximate surface area is 117 Å². The Morgan fingerprint density at radius 1 is 1.05 bits per heavy atom. The molecule has 96 valence electrons. The molecule has 3 aromatic rings. The van der Waals surface area contributed by atoms with Crippen LogP contribution in [0.1, 0.15) is 11.3 Å². The average Bonchev–Trinajstić information content (AvgIpc) is 2.74. The van der Waals surface area contributed by atoms with Gasteiger partial charge in [0.15, 0.2) is 0 Å². The highest BCUT2D eigenvalue weighted by atomic mass is 35.5. The number of para-hydroxylation sites is 1. The van der Waals surface area contributed by atoms with E-state index < -0.39 is 0 Å². The molecule has 0 saturated heterocycles. The summed E-state index contributed by atoms with van der Waals surface area (Å²) in [5.41, 5.74) is 3.28. The van der Waals surface area contributed by atoms with Gasteiger partial charge in [0, 0.05) is 10.4 Å². The van der Waals surface area contributed by atoms with E-state index in [9.17, 15) is 0 Å². The maximum Gasteiger partial charge on any atom is 0.140 e. The fraction of sp³-hybridized carbons (Fsp3) is 0.125. The SMILES string of the molecule is Cc1cc2ccccc2n1OCc1ccc(Cl)cc1. The van der Waals surface area contributed by atoms with Crippen molar-refractivity contribution in [3.8, 4) is 0 Å². The molecule has 0 aliphatic heterocycles. The minimum Gasteiger partial charge on any atom is -0.409 e. The number of rotatable bonds is 3. The van der Waals surface area contributed by atoms with E-state index >= 15 is 0 Å². The summed E-state index contributed by atoms with van der Waals surface area (Å²) in [7, 11) is 0. The molecule has 19 heavy (non-hydrogen) atoms. The molecule has 0 amide bonds. The molecule has 0 aliphatic carbocycles. The molecule has 2 nitrogen and oxygen atoms in total. The minimum absolute atomic E-state index is 0.524. The van der Waals surface area contributed by atoms with Crippen LogP contribution in [0, 0.1) is 6.92 Å². The van der Waals surface area contributed by atoms with Crippen molar-refractivity contribution in [1.29, 1.82) is 0 Å². The molecule has 2 aromatic carbocycles. The summed E-state index contributed by atoms with van der Waals surface area (Å²) in [6, 6.07) is 18.0. The van der Waals surface area contributed by atoms with Gasteiger partial charge in [0.2, 0.25) is 0 Å². The molecular formula is C16H14ClNO. The molecule has 3 rings (SSSR count). The molecule has 0 atom stereocenters. The summed E-state index contributed by atoms with van der Waals surface area (Å²) in [5.74, 6) is 0. The topological polar surface area (TPSA) is 14.2 Å². The highest BCUT2D eigenvalue weighted by Crippen LogP contribution is 2.18. The van der Waals surface area contributed by atoms with Gasteiger partial charge in [-0.05, 0) is 36.8 Å². The second-order valence-electron chi connectivity index (χ2n) is 4.54. The Bertz CT molecular complexity index is 700. The van der Waals surface area contributed by atoms with Gasteiger partial charge in [-0.15, -0.1) is 0 Å². The van der Waals surface area contributed by atoms with Crippen molar-refractivity contribution in [3.05, 3.63) is 70.9 Å². The first-order chi connectivity index (χ1) is 9.24. The zero-order valence-corrected chi connectivity index (χ0v) is 11.4. The number of fused-ring (bicyclic) bond motifs is 1. The van der Waals surface area contributed by atoms with Crippen molar-refractivity contribution >= 4 is 22.5 Å². The van der Waals surface area contributed by atoms with E-state index in [1.165, 1.54) is 5.39 Å². The normalized spacial score (nSPS) is 10.8. The van der Waals surface area contributed by atoms with Gasteiger partial charge in [-0.1, -0.05) is 41.9 Å². The van der Waals surface area contributed by atoms with Crippen LogP contribution in [-0.2, 0) is 6.61 Å². The lowest BCUT2D eigenvalue weighted by Crippen LogP contribution is -2.12. The number of hydrogen-bond donors (Lipinski definition) is 0. The van der Waals surface area contributed by atoms with Crippen LogP contribution in [0.25, 0.3) is 10.9 Å². The number of aromatic nitrogens is 1. The van der Waals surface area contributed by atoms with E-state index in [0.29, 0.717) is 6.61 Å². The molecule has 0 fully saturated rings. The average molecular weight is 272 g/mol. The van der Waals surface area contributed by atoms with Crippen molar-refractivity contribution in [2.45, 2.75) is 13.5 Å². The third kappa shape index (κ3) is 2.45. The Balaban J connectivity index is 1.85. The number of nitrogens with zero attached hydrogens (tertiary/aromatic N) is 1. The van der Waals surface area contributed by atoms with Gasteiger partial charge >= 0.3 is 0 Å². The van der Waals surface area contributed by atoms with Crippen LogP contribution < -0.4 is 4.84 Å². The first-order valence-corrected chi connectivity index (χ1v) is 6.57. The highest BCUT2D eigenvalue weighted by molar-refractivity contribution is 6.30. The fourth-order valence-electron chi connectivity index (χ4n) is 2.16. The molecule has 0 N–H and O–H groups in total. The first-order valence-electron chi connectivity index (χ1n) is 6.19. The number of hydrogen-bond acceptors (Lipinski definition) is 1. The Kier molecular flexibility index (Phi) is 3.18.